The Kier molecular flexibility index (Phi) is 12.6. The van der Waals surface area contributed by atoms with Crippen LogP contribution in [0.25, 0.3) is 0 Å². The molecule has 0 spiro atoms. The lowest BCUT2D eigenvalue weighted by Crippen LogP contribution is -1.83. The molecule has 0 N–H and O–H groups in total. The predicted molar refractivity (Wildman–Crippen MR) is 102 cm³/mol. The highest BCUT2D eigenvalue weighted by Crippen LogP contribution is 2.12. The first-order valence-electron chi connectivity index (χ1n) is 8.07. The first-order valence-corrected chi connectivity index (χ1v) is 9.23. The topological polar surface area (TPSA) is 0 Å². The van der Waals surface area contributed by atoms with E-state index in [0.29, 0.717) is 0 Å². The predicted octanol–water partition coefficient (Wildman–Crippen LogP) is 7.11. The molecule has 120 valence electrons. The number of rotatable bonds is 10. The van der Waals surface area contributed by atoms with E-state index in [4.69, 9.17) is 0 Å². The Bertz CT molecular complexity index is 348. The Morgan fingerprint density at radius 1 is 0.619 bits per heavy atom. The molecule has 0 aromatic heterocycles. The molecule has 0 amide bonds. The Balaban J connectivity index is 3.78. The van der Waals surface area contributed by atoms with Crippen LogP contribution in [0.3, 0.4) is 0 Å². The van der Waals surface area contributed by atoms with Crippen LogP contribution < -0.4 is 0 Å². The van der Waals surface area contributed by atoms with Crippen LogP contribution in [0.15, 0.2) is 46.6 Å². The van der Waals surface area contributed by atoms with Crippen molar-refractivity contribution in [2.24, 2.45) is 0 Å². The first kappa shape index (κ1) is 20.3. The summed E-state index contributed by atoms with van der Waals surface area (Å²) >= 11 is 2.01. The van der Waals surface area contributed by atoms with E-state index >= 15 is 0 Å². The normalized spacial score (nSPS) is 12.3. The molecular formula is C20H34S. The number of thioether (sulfide) groups is 1. The van der Waals surface area contributed by atoms with E-state index in [1.54, 1.807) is 0 Å². The van der Waals surface area contributed by atoms with E-state index in [-0.39, 0.29) is 0 Å². The Hall–Kier alpha value is -0.690. The molecule has 0 atom stereocenters. The Morgan fingerprint density at radius 3 is 1.33 bits per heavy atom. The Morgan fingerprint density at radius 2 is 1.00 bits per heavy atom. The second-order valence-electron chi connectivity index (χ2n) is 6.28. The van der Waals surface area contributed by atoms with Gasteiger partial charge in [-0.15, -0.1) is 0 Å². The molecule has 21 heavy (non-hydrogen) atoms. The third kappa shape index (κ3) is 15.5. The number of allylic oxidation sites excluding steroid dienone is 6. The maximum atomic E-state index is 2.38. The molecule has 0 heterocycles. The summed E-state index contributed by atoms with van der Waals surface area (Å²) in [6.45, 7) is 13.2. The van der Waals surface area contributed by atoms with Gasteiger partial charge in [0, 0.05) is 11.5 Å². The van der Waals surface area contributed by atoms with Crippen molar-refractivity contribution < 1.29 is 0 Å². The van der Waals surface area contributed by atoms with Crippen LogP contribution in [0.2, 0.25) is 0 Å². The van der Waals surface area contributed by atoms with Gasteiger partial charge in [0.05, 0.1) is 0 Å². The van der Waals surface area contributed by atoms with Crippen molar-refractivity contribution in [3.8, 4) is 0 Å². The van der Waals surface area contributed by atoms with Crippen molar-refractivity contribution in [2.75, 3.05) is 11.5 Å². The SMILES string of the molecule is CC(C)=CCC/C(C)=C\CSC/C=C(/C)CCC=C(C)C. The largest absolute Gasteiger partial charge is 0.154 e. The van der Waals surface area contributed by atoms with E-state index in [1.165, 1.54) is 48.0 Å². The molecule has 0 bridgehead atoms. The maximum absolute atomic E-state index is 2.38. The molecule has 0 unspecified atom stereocenters. The van der Waals surface area contributed by atoms with Crippen LogP contribution >= 0.6 is 11.8 Å². The zero-order chi connectivity index (χ0) is 16.1. The highest BCUT2D eigenvalue weighted by atomic mass is 32.2. The molecule has 0 aromatic carbocycles. The number of hydrogen-bond donors (Lipinski definition) is 0. The van der Waals surface area contributed by atoms with E-state index in [1.807, 2.05) is 11.8 Å². The monoisotopic (exact) mass is 306 g/mol. The molecule has 0 aliphatic carbocycles. The Labute approximate surface area is 137 Å². The fourth-order valence-electron chi connectivity index (χ4n) is 1.85. The third-order valence-corrected chi connectivity index (χ3v) is 4.09. The van der Waals surface area contributed by atoms with Crippen LogP contribution in [0.4, 0.5) is 0 Å². The van der Waals surface area contributed by atoms with Crippen LogP contribution in [0.1, 0.15) is 67.2 Å². The van der Waals surface area contributed by atoms with Gasteiger partial charge in [-0.1, -0.05) is 46.6 Å². The maximum Gasteiger partial charge on any atom is 0.0118 e. The van der Waals surface area contributed by atoms with Gasteiger partial charge in [-0.3, -0.25) is 0 Å². The molecule has 0 aliphatic rings. The minimum Gasteiger partial charge on any atom is -0.154 e. The van der Waals surface area contributed by atoms with Crippen molar-refractivity contribution >= 4 is 11.8 Å². The lowest BCUT2D eigenvalue weighted by atomic mass is 10.1. The van der Waals surface area contributed by atoms with Crippen molar-refractivity contribution in [1.29, 1.82) is 0 Å². The average Bonchev–Trinajstić information content (AvgIpc) is 2.37. The zero-order valence-corrected chi connectivity index (χ0v) is 15.8. The molecule has 1 heteroatoms. The highest BCUT2D eigenvalue weighted by Gasteiger charge is 1.91. The van der Waals surface area contributed by atoms with E-state index in [2.05, 4.69) is 65.8 Å². The second kappa shape index (κ2) is 13.0. The lowest BCUT2D eigenvalue weighted by molar-refractivity contribution is 0.963. The third-order valence-electron chi connectivity index (χ3n) is 3.28. The van der Waals surface area contributed by atoms with Crippen LogP contribution in [0.5, 0.6) is 0 Å². The molecule has 0 aliphatic heterocycles. The average molecular weight is 307 g/mol. The summed E-state index contributed by atoms with van der Waals surface area (Å²) in [4.78, 5) is 0. The fourth-order valence-corrected chi connectivity index (χ4v) is 2.79. The second-order valence-corrected chi connectivity index (χ2v) is 7.35. The molecule has 0 rings (SSSR count). The van der Waals surface area contributed by atoms with Crippen molar-refractivity contribution in [3.05, 3.63) is 46.6 Å². The molecule has 0 nitrogen and oxygen atoms in total. The summed E-state index contributed by atoms with van der Waals surface area (Å²) in [6, 6.07) is 0. The first-order chi connectivity index (χ1) is 9.91. The van der Waals surface area contributed by atoms with Gasteiger partial charge >= 0.3 is 0 Å². The van der Waals surface area contributed by atoms with Crippen LogP contribution in [-0.2, 0) is 0 Å². The minimum atomic E-state index is 1.14. The van der Waals surface area contributed by atoms with Crippen molar-refractivity contribution in [2.45, 2.75) is 67.2 Å². The van der Waals surface area contributed by atoms with Gasteiger partial charge in [0.1, 0.15) is 0 Å². The fraction of sp³-hybridized carbons (Fsp3) is 0.600. The van der Waals surface area contributed by atoms with Crippen LogP contribution in [-0.4, -0.2) is 11.5 Å². The molecule has 0 radical (unpaired) electrons. The lowest BCUT2D eigenvalue weighted by Gasteiger charge is -2.01. The molecule has 0 saturated heterocycles. The molecular weight excluding hydrogens is 272 g/mol. The van der Waals surface area contributed by atoms with Gasteiger partial charge in [-0.2, -0.15) is 11.8 Å². The molecule has 0 aromatic rings. The quantitative estimate of drug-likeness (QED) is 0.306. The summed E-state index contributed by atoms with van der Waals surface area (Å²) in [5.74, 6) is 2.27. The van der Waals surface area contributed by atoms with E-state index in [9.17, 15) is 0 Å². The van der Waals surface area contributed by atoms with E-state index in [0.717, 1.165) is 11.5 Å². The van der Waals surface area contributed by atoms with Gasteiger partial charge in [0.25, 0.3) is 0 Å². The summed E-state index contributed by atoms with van der Waals surface area (Å²) in [6.07, 6.45) is 14.2. The molecule has 0 fully saturated rings. The van der Waals surface area contributed by atoms with Gasteiger partial charge < -0.3 is 0 Å². The smallest absolute Gasteiger partial charge is 0.0118 e. The van der Waals surface area contributed by atoms with Crippen molar-refractivity contribution in [1.82, 2.24) is 0 Å². The van der Waals surface area contributed by atoms with Gasteiger partial charge in [0.2, 0.25) is 0 Å². The van der Waals surface area contributed by atoms with Crippen molar-refractivity contribution in [3.63, 3.8) is 0 Å². The summed E-state index contributed by atoms with van der Waals surface area (Å²) in [5.41, 5.74) is 5.88. The summed E-state index contributed by atoms with van der Waals surface area (Å²) in [7, 11) is 0. The molecule has 0 saturated carbocycles. The summed E-state index contributed by atoms with van der Waals surface area (Å²) in [5, 5.41) is 0. The highest BCUT2D eigenvalue weighted by molar-refractivity contribution is 7.99. The van der Waals surface area contributed by atoms with Gasteiger partial charge in [-0.05, 0) is 67.2 Å². The number of hydrogen-bond acceptors (Lipinski definition) is 1. The van der Waals surface area contributed by atoms with Gasteiger partial charge in [-0.25, -0.2) is 0 Å². The zero-order valence-electron chi connectivity index (χ0n) is 15.0. The standard InChI is InChI=1S/C20H34S/c1-17(2)9-7-11-19(5)13-15-21-16-14-20(6)12-8-10-18(3)4/h9-10,13-14H,7-8,11-12,15-16H2,1-6H3/b19-13-,20-14-. The van der Waals surface area contributed by atoms with E-state index < -0.39 is 0 Å². The summed E-state index contributed by atoms with van der Waals surface area (Å²) < 4.78 is 0. The minimum absolute atomic E-state index is 1.14. The van der Waals surface area contributed by atoms with Gasteiger partial charge in [0.15, 0.2) is 0 Å². The van der Waals surface area contributed by atoms with Crippen LogP contribution in [0, 0.1) is 0 Å².